The van der Waals surface area contributed by atoms with Gasteiger partial charge in [0.1, 0.15) is 11.6 Å². The van der Waals surface area contributed by atoms with Crippen LogP contribution in [0, 0.1) is 6.92 Å². The molecule has 1 aliphatic rings. The number of aromatic hydroxyl groups is 1. The Morgan fingerprint density at radius 3 is 2.83 bits per heavy atom. The lowest BCUT2D eigenvalue weighted by Crippen LogP contribution is -2.03. The number of aryl methyl sites for hydroxylation is 2. The van der Waals surface area contributed by atoms with E-state index >= 15 is 0 Å². The van der Waals surface area contributed by atoms with E-state index in [4.69, 9.17) is 0 Å². The van der Waals surface area contributed by atoms with Crippen molar-refractivity contribution in [3.8, 4) is 17.0 Å². The predicted molar refractivity (Wildman–Crippen MR) is 66.5 cm³/mol. The second kappa shape index (κ2) is 3.91. The summed E-state index contributed by atoms with van der Waals surface area (Å²) in [4.78, 5) is 20.6. The van der Waals surface area contributed by atoms with Crippen molar-refractivity contribution >= 4 is 5.78 Å². The fourth-order valence-corrected chi connectivity index (χ4v) is 2.32. The maximum Gasteiger partial charge on any atom is 0.167 e. The van der Waals surface area contributed by atoms with Crippen molar-refractivity contribution in [1.82, 2.24) is 9.97 Å². The number of fused-ring (bicyclic) bond motifs is 1. The van der Waals surface area contributed by atoms with Crippen LogP contribution in [0.15, 0.2) is 24.3 Å². The maximum atomic E-state index is 11.9. The smallest absolute Gasteiger partial charge is 0.167 e. The van der Waals surface area contributed by atoms with Gasteiger partial charge in [0.05, 0.1) is 17.0 Å². The highest BCUT2D eigenvalue weighted by Crippen LogP contribution is 2.31. The Morgan fingerprint density at radius 2 is 2.06 bits per heavy atom. The normalized spacial score (nSPS) is 13.7. The first-order chi connectivity index (χ1) is 8.65. The van der Waals surface area contributed by atoms with Gasteiger partial charge in [-0.15, -0.1) is 0 Å². The van der Waals surface area contributed by atoms with Crippen LogP contribution in [0.1, 0.15) is 28.3 Å². The molecule has 0 spiro atoms. The first-order valence-corrected chi connectivity index (χ1v) is 5.85. The van der Waals surface area contributed by atoms with Crippen LogP contribution in [0.4, 0.5) is 0 Å². The van der Waals surface area contributed by atoms with E-state index in [1.54, 1.807) is 18.2 Å². The van der Waals surface area contributed by atoms with Crippen LogP contribution < -0.4 is 0 Å². The van der Waals surface area contributed by atoms with Crippen LogP contribution in [0.25, 0.3) is 11.3 Å². The van der Waals surface area contributed by atoms with Gasteiger partial charge < -0.3 is 5.11 Å². The number of carbonyl (C=O) groups is 1. The van der Waals surface area contributed by atoms with Crippen LogP contribution in [-0.4, -0.2) is 20.9 Å². The lowest BCUT2D eigenvalue weighted by molar-refractivity contribution is 0.0995. The molecule has 0 fully saturated rings. The van der Waals surface area contributed by atoms with E-state index in [2.05, 4.69) is 9.97 Å². The molecule has 0 unspecified atom stereocenters. The SMILES string of the molecule is Cc1nc2c(c(-c3cccc(O)c3)n1)C(=O)CC2. The minimum absolute atomic E-state index is 0.0864. The number of Topliss-reactive ketones (excluding diaryl/α,β-unsaturated/α-hetero) is 1. The summed E-state index contributed by atoms with van der Waals surface area (Å²) >= 11 is 0. The average Bonchev–Trinajstić information content (AvgIpc) is 2.70. The minimum atomic E-state index is 0.0864. The molecular formula is C14H12N2O2. The van der Waals surface area contributed by atoms with Gasteiger partial charge in [-0.3, -0.25) is 4.79 Å². The standard InChI is InChI=1S/C14H12N2O2/c1-8-15-11-5-6-12(18)13(11)14(16-8)9-3-2-4-10(17)7-9/h2-4,7,17H,5-6H2,1H3. The Kier molecular flexibility index (Phi) is 2.37. The van der Waals surface area contributed by atoms with E-state index < -0.39 is 0 Å². The van der Waals surface area contributed by atoms with Crippen molar-refractivity contribution in [2.75, 3.05) is 0 Å². The zero-order valence-electron chi connectivity index (χ0n) is 9.97. The number of ketones is 1. The van der Waals surface area contributed by atoms with Crippen LogP contribution >= 0.6 is 0 Å². The molecule has 1 N–H and O–H groups in total. The van der Waals surface area contributed by atoms with Gasteiger partial charge in [-0.25, -0.2) is 9.97 Å². The second-order valence-corrected chi connectivity index (χ2v) is 4.41. The molecule has 2 aromatic rings. The van der Waals surface area contributed by atoms with Crippen molar-refractivity contribution in [3.63, 3.8) is 0 Å². The number of hydrogen-bond acceptors (Lipinski definition) is 4. The molecule has 0 saturated carbocycles. The van der Waals surface area contributed by atoms with Crippen LogP contribution in [0.3, 0.4) is 0 Å². The van der Waals surface area contributed by atoms with Crippen molar-refractivity contribution in [2.24, 2.45) is 0 Å². The predicted octanol–water partition coefficient (Wildman–Crippen LogP) is 2.29. The molecule has 0 amide bonds. The Morgan fingerprint density at radius 1 is 1.22 bits per heavy atom. The van der Waals surface area contributed by atoms with Crippen molar-refractivity contribution in [2.45, 2.75) is 19.8 Å². The van der Waals surface area contributed by atoms with Gasteiger partial charge >= 0.3 is 0 Å². The van der Waals surface area contributed by atoms with Crippen molar-refractivity contribution in [3.05, 3.63) is 41.3 Å². The highest BCUT2D eigenvalue weighted by Gasteiger charge is 2.26. The average molecular weight is 240 g/mol. The summed E-state index contributed by atoms with van der Waals surface area (Å²) in [6, 6.07) is 6.80. The first kappa shape index (κ1) is 10.9. The number of nitrogens with zero attached hydrogens (tertiary/aromatic N) is 2. The van der Waals surface area contributed by atoms with Crippen LogP contribution in [0.2, 0.25) is 0 Å². The number of carbonyl (C=O) groups excluding carboxylic acids is 1. The largest absolute Gasteiger partial charge is 0.508 e. The van der Waals surface area contributed by atoms with Crippen molar-refractivity contribution in [1.29, 1.82) is 0 Å². The van der Waals surface area contributed by atoms with E-state index in [1.807, 2.05) is 13.0 Å². The van der Waals surface area contributed by atoms with E-state index in [0.717, 1.165) is 11.3 Å². The fourth-order valence-electron chi connectivity index (χ4n) is 2.32. The van der Waals surface area contributed by atoms with Gasteiger partial charge in [0.25, 0.3) is 0 Å². The molecule has 1 heterocycles. The second-order valence-electron chi connectivity index (χ2n) is 4.41. The number of phenols is 1. The summed E-state index contributed by atoms with van der Waals surface area (Å²) in [5, 5.41) is 9.53. The molecule has 90 valence electrons. The van der Waals surface area contributed by atoms with Gasteiger partial charge in [-0.1, -0.05) is 12.1 Å². The molecule has 1 aliphatic carbocycles. The molecule has 4 nitrogen and oxygen atoms in total. The van der Waals surface area contributed by atoms with Crippen LogP contribution in [0.5, 0.6) is 5.75 Å². The van der Waals surface area contributed by atoms with E-state index in [9.17, 15) is 9.90 Å². The summed E-state index contributed by atoms with van der Waals surface area (Å²) in [7, 11) is 0. The number of rotatable bonds is 1. The van der Waals surface area contributed by atoms with E-state index in [1.165, 1.54) is 0 Å². The van der Waals surface area contributed by atoms with Gasteiger partial charge in [0.15, 0.2) is 5.78 Å². The summed E-state index contributed by atoms with van der Waals surface area (Å²) in [5.74, 6) is 0.910. The van der Waals surface area contributed by atoms with Gasteiger partial charge in [0, 0.05) is 12.0 Å². The summed E-state index contributed by atoms with van der Waals surface area (Å²) in [5.41, 5.74) is 2.83. The molecule has 0 radical (unpaired) electrons. The molecule has 0 bridgehead atoms. The third-order valence-corrected chi connectivity index (χ3v) is 3.08. The lowest BCUT2D eigenvalue weighted by atomic mass is 10.0. The molecule has 0 atom stereocenters. The van der Waals surface area contributed by atoms with Crippen molar-refractivity contribution < 1.29 is 9.90 Å². The minimum Gasteiger partial charge on any atom is -0.508 e. The van der Waals surface area contributed by atoms with Gasteiger partial charge in [-0.05, 0) is 25.5 Å². The molecule has 4 heteroatoms. The highest BCUT2D eigenvalue weighted by molar-refractivity contribution is 6.04. The third kappa shape index (κ3) is 1.66. The highest BCUT2D eigenvalue weighted by atomic mass is 16.3. The molecule has 1 aromatic heterocycles. The van der Waals surface area contributed by atoms with E-state index in [-0.39, 0.29) is 11.5 Å². The van der Waals surface area contributed by atoms with Gasteiger partial charge in [0.2, 0.25) is 0 Å². The maximum absolute atomic E-state index is 11.9. The number of hydrogen-bond donors (Lipinski definition) is 1. The summed E-state index contributed by atoms with van der Waals surface area (Å²) < 4.78 is 0. The molecule has 3 rings (SSSR count). The number of benzene rings is 1. The lowest BCUT2D eigenvalue weighted by Gasteiger charge is -2.08. The number of phenolic OH excluding ortho intramolecular Hbond substituents is 1. The topological polar surface area (TPSA) is 63.1 Å². The fraction of sp³-hybridized carbons (Fsp3) is 0.214. The Labute approximate surface area is 104 Å². The Hall–Kier alpha value is -2.23. The monoisotopic (exact) mass is 240 g/mol. The molecule has 0 aliphatic heterocycles. The molecular weight excluding hydrogens is 228 g/mol. The summed E-state index contributed by atoms with van der Waals surface area (Å²) in [6.45, 7) is 1.81. The Bertz CT molecular complexity index is 650. The van der Waals surface area contributed by atoms with E-state index in [0.29, 0.717) is 29.9 Å². The number of aromatic nitrogens is 2. The third-order valence-electron chi connectivity index (χ3n) is 3.08. The summed E-state index contributed by atoms with van der Waals surface area (Å²) in [6.07, 6.45) is 1.18. The quantitative estimate of drug-likeness (QED) is 0.830. The zero-order valence-corrected chi connectivity index (χ0v) is 9.97. The zero-order chi connectivity index (χ0) is 12.7. The molecule has 0 saturated heterocycles. The Balaban J connectivity index is 2.27. The van der Waals surface area contributed by atoms with Gasteiger partial charge in [-0.2, -0.15) is 0 Å². The molecule has 18 heavy (non-hydrogen) atoms. The first-order valence-electron chi connectivity index (χ1n) is 5.85. The molecule has 1 aromatic carbocycles. The van der Waals surface area contributed by atoms with Crippen LogP contribution in [-0.2, 0) is 6.42 Å².